The number of amides is 1. The van der Waals surface area contributed by atoms with Crippen LogP contribution in [0.4, 0.5) is 24.7 Å². The fraction of sp³-hybridized carbons (Fsp3) is 0.300. The first-order chi connectivity index (χ1) is 14.2. The van der Waals surface area contributed by atoms with Crippen LogP contribution in [0.25, 0.3) is 5.82 Å². The third kappa shape index (κ3) is 3.85. The lowest BCUT2D eigenvalue weighted by Gasteiger charge is -2.39. The second-order valence-corrected chi connectivity index (χ2v) is 7.21. The van der Waals surface area contributed by atoms with Crippen molar-refractivity contribution in [3.05, 3.63) is 59.7 Å². The second-order valence-electron chi connectivity index (χ2n) is 7.21. The molecule has 0 spiro atoms. The number of carbonyl (C=O) groups excluding carboxylic acids is 1. The molecule has 156 valence electrons. The first-order valence-electron chi connectivity index (χ1n) is 9.30. The monoisotopic (exact) mass is 416 g/mol. The van der Waals surface area contributed by atoms with E-state index in [0.29, 0.717) is 24.7 Å². The minimum atomic E-state index is -4.53. The number of para-hydroxylation sites is 1. The molecule has 1 fully saturated rings. The van der Waals surface area contributed by atoms with Crippen molar-refractivity contribution >= 4 is 17.4 Å². The number of alkyl halides is 3. The Morgan fingerprint density at radius 3 is 2.47 bits per heavy atom. The van der Waals surface area contributed by atoms with Crippen molar-refractivity contribution in [2.45, 2.75) is 20.0 Å². The highest BCUT2D eigenvalue weighted by Gasteiger charge is 2.37. The molecule has 30 heavy (non-hydrogen) atoms. The Labute approximate surface area is 170 Å². The molecule has 7 nitrogen and oxygen atoms in total. The molecule has 0 bridgehead atoms. The molecule has 0 aliphatic carbocycles. The lowest BCUT2D eigenvalue weighted by atomic mass is 9.98. The van der Waals surface area contributed by atoms with Gasteiger partial charge in [0.15, 0.2) is 5.82 Å². The molecule has 10 heteroatoms. The number of nitrogens with zero attached hydrogens (tertiary/aromatic N) is 5. The number of anilines is 2. The molecule has 1 aliphatic rings. The minimum Gasteiger partial charge on any atom is -0.355 e. The van der Waals surface area contributed by atoms with E-state index in [1.54, 1.807) is 10.7 Å². The predicted octanol–water partition coefficient (Wildman–Crippen LogP) is 3.37. The highest BCUT2D eigenvalue weighted by molar-refractivity contribution is 5.95. The summed E-state index contributed by atoms with van der Waals surface area (Å²) in [5.41, 5.74) is 0.705. The van der Waals surface area contributed by atoms with Gasteiger partial charge in [0.25, 0.3) is 0 Å². The number of hydrogen-bond acceptors (Lipinski definition) is 5. The van der Waals surface area contributed by atoms with Crippen molar-refractivity contribution in [1.82, 2.24) is 19.7 Å². The van der Waals surface area contributed by atoms with Gasteiger partial charge in [-0.3, -0.25) is 4.79 Å². The predicted molar refractivity (Wildman–Crippen MR) is 104 cm³/mol. The molecule has 1 N–H and O–H groups in total. The molecule has 0 saturated carbocycles. The van der Waals surface area contributed by atoms with E-state index < -0.39 is 23.6 Å². The van der Waals surface area contributed by atoms with Gasteiger partial charge >= 0.3 is 6.18 Å². The number of aromatic nitrogens is 4. The molecular formula is C20H19F3N6O. The van der Waals surface area contributed by atoms with Crippen LogP contribution in [0.2, 0.25) is 0 Å². The molecule has 0 radical (unpaired) electrons. The largest absolute Gasteiger partial charge is 0.418 e. The first kappa shape index (κ1) is 19.9. The van der Waals surface area contributed by atoms with E-state index in [0.717, 1.165) is 17.5 Å². The van der Waals surface area contributed by atoms with Gasteiger partial charge < -0.3 is 10.2 Å². The minimum absolute atomic E-state index is 0.234. The molecule has 3 aromatic rings. The zero-order chi connectivity index (χ0) is 21.5. The molecule has 4 rings (SSSR count). The Bertz CT molecular complexity index is 1090. The van der Waals surface area contributed by atoms with Gasteiger partial charge in [0.1, 0.15) is 12.1 Å². The zero-order valence-corrected chi connectivity index (χ0v) is 16.3. The van der Waals surface area contributed by atoms with Gasteiger partial charge in [-0.05, 0) is 32.0 Å². The number of rotatable bonds is 4. The van der Waals surface area contributed by atoms with Gasteiger partial charge in [0.05, 0.1) is 22.9 Å². The van der Waals surface area contributed by atoms with Gasteiger partial charge in [-0.2, -0.15) is 18.3 Å². The lowest BCUT2D eigenvalue weighted by molar-refractivity contribution is -0.137. The summed E-state index contributed by atoms with van der Waals surface area (Å²) >= 11 is 0. The van der Waals surface area contributed by atoms with Crippen molar-refractivity contribution in [3.8, 4) is 5.82 Å². The Kier molecular flexibility index (Phi) is 4.92. The number of carbonyl (C=O) groups is 1. The average Bonchev–Trinajstić information content (AvgIpc) is 2.98. The highest BCUT2D eigenvalue weighted by Crippen LogP contribution is 2.35. The maximum absolute atomic E-state index is 13.1. The summed E-state index contributed by atoms with van der Waals surface area (Å²) in [7, 11) is 0. The molecule has 1 aliphatic heterocycles. The highest BCUT2D eigenvalue weighted by atomic mass is 19.4. The Morgan fingerprint density at radius 2 is 1.80 bits per heavy atom. The summed E-state index contributed by atoms with van der Waals surface area (Å²) in [6, 6.07) is 8.65. The molecule has 1 saturated heterocycles. The van der Waals surface area contributed by atoms with E-state index in [1.807, 2.05) is 24.8 Å². The van der Waals surface area contributed by atoms with Crippen LogP contribution < -0.4 is 10.2 Å². The molecule has 2 aromatic heterocycles. The maximum atomic E-state index is 13.1. The molecule has 1 amide bonds. The van der Waals surface area contributed by atoms with Crippen LogP contribution >= 0.6 is 0 Å². The Morgan fingerprint density at radius 1 is 1.10 bits per heavy atom. The Balaban J connectivity index is 1.43. The van der Waals surface area contributed by atoms with Crippen LogP contribution in [-0.2, 0) is 11.0 Å². The fourth-order valence-electron chi connectivity index (χ4n) is 3.39. The Hall–Kier alpha value is -3.43. The third-order valence-corrected chi connectivity index (χ3v) is 4.93. The van der Waals surface area contributed by atoms with E-state index in [1.165, 1.54) is 24.5 Å². The summed E-state index contributed by atoms with van der Waals surface area (Å²) < 4.78 is 41.0. The molecule has 3 heterocycles. The van der Waals surface area contributed by atoms with E-state index in [9.17, 15) is 18.0 Å². The van der Waals surface area contributed by atoms with E-state index in [2.05, 4.69) is 20.4 Å². The van der Waals surface area contributed by atoms with Gasteiger partial charge in [-0.25, -0.2) is 14.6 Å². The summed E-state index contributed by atoms with van der Waals surface area (Å²) in [6.07, 6.45) is -3.11. The van der Waals surface area contributed by atoms with Crippen molar-refractivity contribution in [2.75, 3.05) is 23.3 Å². The van der Waals surface area contributed by atoms with Crippen molar-refractivity contribution in [3.63, 3.8) is 0 Å². The first-order valence-corrected chi connectivity index (χ1v) is 9.30. The van der Waals surface area contributed by atoms with E-state index >= 15 is 0 Å². The number of halogens is 3. The summed E-state index contributed by atoms with van der Waals surface area (Å²) in [5, 5.41) is 6.80. The van der Waals surface area contributed by atoms with E-state index in [4.69, 9.17) is 0 Å². The van der Waals surface area contributed by atoms with Crippen molar-refractivity contribution in [1.29, 1.82) is 0 Å². The molecule has 0 unspecified atom stereocenters. The van der Waals surface area contributed by atoms with E-state index in [-0.39, 0.29) is 5.69 Å². The second kappa shape index (κ2) is 7.43. The number of hydrogen-bond donors (Lipinski definition) is 1. The number of benzene rings is 1. The normalized spacial score (nSPS) is 14.5. The summed E-state index contributed by atoms with van der Waals surface area (Å²) in [6.45, 7) is 4.52. The zero-order valence-electron chi connectivity index (χ0n) is 16.3. The summed E-state index contributed by atoms with van der Waals surface area (Å²) in [5.74, 6) is 0.360. The quantitative estimate of drug-likeness (QED) is 0.706. The van der Waals surface area contributed by atoms with Crippen LogP contribution in [-0.4, -0.2) is 38.7 Å². The maximum Gasteiger partial charge on any atom is 0.418 e. The lowest BCUT2D eigenvalue weighted by Crippen LogP contribution is -2.52. The number of aryl methyl sites for hydroxylation is 2. The smallest absolute Gasteiger partial charge is 0.355 e. The third-order valence-electron chi connectivity index (χ3n) is 4.93. The summed E-state index contributed by atoms with van der Waals surface area (Å²) in [4.78, 5) is 22.8. The van der Waals surface area contributed by atoms with Crippen LogP contribution in [0.1, 0.15) is 17.0 Å². The molecule has 0 atom stereocenters. The van der Waals surface area contributed by atoms with Gasteiger partial charge in [-0.15, -0.1) is 0 Å². The molecular weight excluding hydrogens is 397 g/mol. The van der Waals surface area contributed by atoms with Crippen LogP contribution in [0.5, 0.6) is 0 Å². The fourth-order valence-corrected chi connectivity index (χ4v) is 3.39. The van der Waals surface area contributed by atoms with Gasteiger partial charge in [0.2, 0.25) is 5.91 Å². The average molecular weight is 416 g/mol. The standard InChI is InChI=1S/C20H19F3N6O/c1-12-7-13(2)29(27-12)18-8-17(24-11-25-18)28-9-14(10-28)19(30)26-16-6-4-3-5-15(16)20(21,22)23/h3-8,11,14H,9-10H2,1-2H3,(H,26,30). The molecule has 1 aromatic carbocycles. The SMILES string of the molecule is Cc1cc(C)n(-c2cc(N3CC(C(=O)Nc4ccccc4C(F)(F)F)C3)ncn2)n1. The van der Waals surface area contributed by atoms with Crippen molar-refractivity contribution < 1.29 is 18.0 Å². The number of nitrogens with one attached hydrogen (secondary N) is 1. The van der Waals surface area contributed by atoms with Crippen LogP contribution in [0.15, 0.2) is 42.7 Å². The topological polar surface area (TPSA) is 75.9 Å². The van der Waals surface area contributed by atoms with Gasteiger partial charge in [0, 0.05) is 24.8 Å². The van der Waals surface area contributed by atoms with Gasteiger partial charge in [-0.1, -0.05) is 12.1 Å². The van der Waals surface area contributed by atoms with Crippen molar-refractivity contribution in [2.24, 2.45) is 5.92 Å². The van der Waals surface area contributed by atoms with Crippen LogP contribution in [0.3, 0.4) is 0 Å². The van der Waals surface area contributed by atoms with Crippen LogP contribution in [0, 0.1) is 19.8 Å².